The molecule has 0 bridgehead atoms. The Morgan fingerprint density at radius 3 is 2.63 bits per heavy atom. The van der Waals surface area contributed by atoms with E-state index >= 15 is 0 Å². The molecule has 5 nitrogen and oxygen atoms in total. The monoisotopic (exact) mass is 257 g/mol. The molecule has 0 aliphatic heterocycles. The van der Waals surface area contributed by atoms with E-state index in [1.807, 2.05) is 42.7 Å². The minimum absolute atomic E-state index is 0.692. The van der Waals surface area contributed by atoms with E-state index in [1.54, 1.807) is 0 Å². The van der Waals surface area contributed by atoms with Gasteiger partial charge in [0.25, 0.3) is 0 Å². The molecule has 0 aliphatic carbocycles. The van der Waals surface area contributed by atoms with Crippen molar-refractivity contribution in [1.29, 1.82) is 0 Å². The van der Waals surface area contributed by atoms with E-state index in [-0.39, 0.29) is 0 Å². The average Bonchev–Trinajstić information content (AvgIpc) is 2.48. The quantitative estimate of drug-likeness (QED) is 0.610. The molecular formula is C14H19N5. The maximum absolute atomic E-state index is 5.37. The summed E-state index contributed by atoms with van der Waals surface area (Å²) in [5, 5.41) is 0. The van der Waals surface area contributed by atoms with Gasteiger partial charge in [0.05, 0.1) is 5.69 Å². The number of hydrogen-bond donors (Lipinski definition) is 2. The minimum atomic E-state index is 0.692. The first-order chi connectivity index (χ1) is 9.31. The van der Waals surface area contributed by atoms with Crippen LogP contribution >= 0.6 is 0 Å². The number of hydrazine groups is 1. The highest BCUT2D eigenvalue weighted by molar-refractivity contribution is 5.33. The fourth-order valence-corrected chi connectivity index (χ4v) is 1.90. The predicted molar refractivity (Wildman–Crippen MR) is 76.1 cm³/mol. The summed E-state index contributed by atoms with van der Waals surface area (Å²) in [6.07, 6.45) is 3.64. The van der Waals surface area contributed by atoms with Crippen LogP contribution in [-0.4, -0.2) is 21.4 Å². The van der Waals surface area contributed by atoms with Crippen LogP contribution in [0.4, 0.5) is 5.82 Å². The third kappa shape index (κ3) is 4.01. The summed E-state index contributed by atoms with van der Waals surface area (Å²) in [4.78, 5) is 10.8. The summed E-state index contributed by atoms with van der Waals surface area (Å²) in [6, 6.07) is 9.89. The van der Waals surface area contributed by atoms with Crippen LogP contribution in [0.25, 0.3) is 0 Å². The molecule has 2 aromatic heterocycles. The molecule has 3 N–H and O–H groups in total. The summed E-state index contributed by atoms with van der Waals surface area (Å²) in [6.45, 7) is 4.80. The first-order valence-electron chi connectivity index (χ1n) is 6.35. The number of nitrogens with one attached hydrogen (secondary N) is 1. The molecule has 0 fully saturated rings. The highest BCUT2D eigenvalue weighted by Crippen LogP contribution is 2.09. The lowest BCUT2D eigenvalue weighted by molar-refractivity contribution is 0.268. The van der Waals surface area contributed by atoms with E-state index in [2.05, 4.69) is 27.2 Å². The number of nitrogen functional groups attached to an aromatic ring is 1. The van der Waals surface area contributed by atoms with Crippen LogP contribution in [0.2, 0.25) is 0 Å². The van der Waals surface area contributed by atoms with E-state index in [0.29, 0.717) is 5.82 Å². The standard InChI is InChI=1S/C14H19N5/c1-2-19(10-12-6-8-16-9-7-12)11-13-4-3-5-14(17-13)18-15/h3-9H,2,10-11,15H2,1H3,(H,17,18). The van der Waals surface area contributed by atoms with Gasteiger partial charge in [-0.2, -0.15) is 0 Å². The van der Waals surface area contributed by atoms with E-state index in [0.717, 1.165) is 25.3 Å². The molecule has 2 rings (SSSR count). The number of rotatable bonds is 6. The first kappa shape index (κ1) is 13.5. The second kappa shape index (κ2) is 6.82. The lowest BCUT2D eigenvalue weighted by Gasteiger charge is -2.20. The number of anilines is 1. The largest absolute Gasteiger partial charge is 0.308 e. The summed E-state index contributed by atoms with van der Waals surface area (Å²) in [5.74, 6) is 6.06. The van der Waals surface area contributed by atoms with Crippen molar-refractivity contribution in [1.82, 2.24) is 14.9 Å². The highest BCUT2D eigenvalue weighted by Gasteiger charge is 2.06. The molecule has 0 atom stereocenters. The molecule has 0 aliphatic rings. The Kier molecular flexibility index (Phi) is 4.83. The van der Waals surface area contributed by atoms with Crippen LogP contribution in [0, 0.1) is 0 Å². The number of pyridine rings is 2. The van der Waals surface area contributed by atoms with Crippen molar-refractivity contribution >= 4 is 5.82 Å². The molecule has 2 aromatic rings. The Bertz CT molecular complexity index is 500. The van der Waals surface area contributed by atoms with E-state index in [4.69, 9.17) is 5.84 Å². The van der Waals surface area contributed by atoms with E-state index < -0.39 is 0 Å². The molecule has 0 spiro atoms. The molecular weight excluding hydrogens is 238 g/mol. The van der Waals surface area contributed by atoms with Gasteiger partial charge in [-0.05, 0) is 36.4 Å². The molecule has 0 saturated carbocycles. The summed E-state index contributed by atoms with van der Waals surface area (Å²) in [5.41, 5.74) is 4.83. The van der Waals surface area contributed by atoms with Crippen molar-refractivity contribution in [2.75, 3.05) is 12.0 Å². The van der Waals surface area contributed by atoms with Crippen molar-refractivity contribution in [2.24, 2.45) is 5.84 Å². The zero-order valence-electron chi connectivity index (χ0n) is 11.1. The maximum Gasteiger partial charge on any atom is 0.140 e. The Hall–Kier alpha value is -1.98. The molecule has 0 amide bonds. The Balaban J connectivity index is 2.02. The van der Waals surface area contributed by atoms with Crippen LogP contribution in [-0.2, 0) is 13.1 Å². The number of nitrogens with zero attached hydrogens (tertiary/aromatic N) is 3. The topological polar surface area (TPSA) is 67.1 Å². The van der Waals surface area contributed by atoms with Crippen LogP contribution in [0.5, 0.6) is 0 Å². The normalized spacial score (nSPS) is 10.7. The molecule has 2 heterocycles. The Labute approximate surface area is 113 Å². The zero-order chi connectivity index (χ0) is 13.5. The molecule has 0 aromatic carbocycles. The third-order valence-electron chi connectivity index (χ3n) is 2.94. The number of nitrogens with two attached hydrogens (primary N) is 1. The second-order valence-corrected chi connectivity index (χ2v) is 4.32. The third-order valence-corrected chi connectivity index (χ3v) is 2.94. The predicted octanol–water partition coefficient (Wildman–Crippen LogP) is 1.78. The van der Waals surface area contributed by atoms with Gasteiger partial charge in [0.1, 0.15) is 5.82 Å². The van der Waals surface area contributed by atoms with Gasteiger partial charge < -0.3 is 5.43 Å². The molecule has 0 unspecified atom stereocenters. The van der Waals surface area contributed by atoms with Gasteiger partial charge in [-0.25, -0.2) is 10.8 Å². The zero-order valence-corrected chi connectivity index (χ0v) is 11.1. The molecule has 19 heavy (non-hydrogen) atoms. The van der Waals surface area contributed by atoms with E-state index in [9.17, 15) is 0 Å². The SMILES string of the molecule is CCN(Cc1ccncc1)Cc1cccc(NN)n1. The van der Waals surface area contributed by atoms with Gasteiger partial charge in [0.2, 0.25) is 0 Å². The first-order valence-corrected chi connectivity index (χ1v) is 6.35. The number of hydrogen-bond acceptors (Lipinski definition) is 5. The minimum Gasteiger partial charge on any atom is -0.308 e. The number of aromatic nitrogens is 2. The summed E-state index contributed by atoms with van der Waals surface area (Å²) >= 11 is 0. The van der Waals surface area contributed by atoms with Crippen LogP contribution in [0.1, 0.15) is 18.2 Å². The fraction of sp³-hybridized carbons (Fsp3) is 0.286. The summed E-state index contributed by atoms with van der Waals surface area (Å²) < 4.78 is 0. The van der Waals surface area contributed by atoms with Gasteiger partial charge in [-0.1, -0.05) is 13.0 Å². The van der Waals surface area contributed by atoms with Crippen molar-refractivity contribution < 1.29 is 0 Å². The van der Waals surface area contributed by atoms with E-state index in [1.165, 1.54) is 5.56 Å². The molecule has 0 saturated heterocycles. The van der Waals surface area contributed by atoms with Crippen LogP contribution in [0.3, 0.4) is 0 Å². The van der Waals surface area contributed by atoms with Crippen molar-refractivity contribution in [3.05, 3.63) is 54.0 Å². The second-order valence-electron chi connectivity index (χ2n) is 4.32. The Morgan fingerprint density at radius 2 is 1.95 bits per heavy atom. The van der Waals surface area contributed by atoms with Gasteiger partial charge >= 0.3 is 0 Å². The smallest absolute Gasteiger partial charge is 0.140 e. The maximum atomic E-state index is 5.37. The van der Waals surface area contributed by atoms with Gasteiger partial charge in [0, 0.05) is 25.5 Å². The molecule has 0 radical (unpaired) electrons. The van der Waals surface area contributed by atoms with Gasteiger partial charge in [-0.3, -0.25) is 9.88 Å². The lowest BCUT2D eigenvalue weighted by Crippen LogP contribution is -2.23. The van der Waals surface area contributed by atoms with Crippen LogP contribution in [0.15, 0.2) is 42.7 Å². The van der Waals surface area contributed by atoms with Crippen LogP contribution < -0.4 is 11.3 Å². The fourth-order valence-electron chi connectivity index (χ4n) is 1.90. The van der Waals surface area contributed by atoms with Crippen molar-refractivity contribution in [2.45, 2.75) is 20.0 Å². The van der Waals surface area contributed by atoms with Gasteiger partial charge in [0.15, 0.2) is 0 Å². The lowest BCUT2D eigenvalue weighted by atomic mass is 10.2. The molecule has 100 valence electrons. The summed E-state index contributed by atoms with van der Waals surface area (Å²) in [7, 11) is 0. The average molecular weight is 257 g/mol. The van der Waals surface area contributed by atoms with Crippen molar-refractivity contribution in [3.8, 4) is 0 Å². The van der Waals surface area contributed by atoms with Crippen molar-refractivity contribution in [3.63, 3.8) is 0 Å². The Morgan fingerprint density at radius 1 is 1.16 bits per heavy atom. The molecule has 5 heteroatoms. The highest BCUT2D eigenvalue weighted by atomic mass is 15.3. The van der Waals surface area contributed by atoms with Gasteiger partial charge in [-0.15, -0.1) is 0 Å².